The Kier molecular flexibility index (Phi) is 7.23. The molecule has 0 aliphatic rings. The number of hydrogen-bond acceptors (Lipinski definition) is 4. The molecule has 116 valence electrons. The van der Waals surface area contributed by atoms with Crippen LogP contribution < -0.4 is 10.6 Å². The minimum Gasteiger partial charge on any atom is -0.481 e. The van der Waals surface area contributed by atoms with Crippen molar-refractivity contribution in [2.75, 3.05) is 11.9 Å². The third-order valence-corrected chi connectivity index (χ3v) is 3.08. The number of rotatable bonds is 7. The van der Waals surface area contributed by atoms with Crippen LogP contribution in [0.15, 0.2) is 30.0 Å². The third-order valence-electron chi connectivity index (χ3n) is 2.52. The molecule has 0 unspecified atom stereocenters. The standard InChI is InChI=1S/C14H13Cl2N3O3/c15-10-3-4-11(16)12(6-10)19-8-9(7-17)14(22)18-5-1-2-13(20)21/h3-4,6,8,19H,1-2,5H2,(H,18,22)(H,20,21)/b9-8-. The van der Waals surface area contributed by atoms with E-state index in [0.717, 1.165) is 0 Å². The van der Waals surface area contributed by atoms with Gasteiger partial charge in [-0.15, -0.1) is 0 Å². The van der Waals surface area contributed by atoms with Gasteiger partial charge in [0, 0.05) is 24.2 Å². The van der Waals surface area contributed by atoms with Crippen LogP contribution >= 0.6 is 23.2 Å². The molecule has 0 heterocycles. The highest BCUT2D eigenvalue weighted by atomic mass is 35.5. The van der Waals surface area contributed by atoms with Crippen LogP contribution in [0, 0.1) is 11.3 Å². The summed E-state index contributed by atoms with van der Waals surface area (Å²) in [5.74, 6) is -1.54. The SMILES string of the molecule is N#C/C(=C/Nc1cc(Cl)ccc1Cl)C(=O)NCCCC(=O)O. The van der Waals surface area contributed by atoms with Crippen molar-refractivity contribution in [2.45, 2.75) is 12.8 Å². The molecule has 0 saturated carbocycles. The highest BCUT2D eigenvalue weighted by Gasteiger charge is 2.09. The normalized spacial score (nSPS) is 10.7. The van der Waals surface area contributed by atoms with Gasteiger partial charge in [-0.05, 0) is 24.6 Å². The molecular formula is C14H13Cl2N3O3. The number of carbonyl (C=O) groups is 2. The summed E-state index contributed by atoms with van der Waals surface area (Å²) in [4.78, 5) is 22.1. The molecule has 22 heavy (non-hydrogen) atoms. The Morgan fingerprint density at radius 2 is 2.09 bits per heavy atom. The number of nitrogens with zero attached hydrogens (tertiary/aromatic N) is 1. The summed E-state index contributed by atoms with van der Waals surface area (Å²) in [5.41, 5.74) is 0.298. The molecule has 1 aromatic rings. The van der Waals surface area contributed by atoms with Crippen LogP contribution in [-0.4, -0.2) is 23.5 Å². The van der Waals surface area contributed by atoms with Gasteiger partial charge in [0.15, 0.2) is 0 Å². The molecule has 3 N–H and O–H groups in total. The quantitative estimate of drug-likeness (QED) is 0.402. The molecular weight excluding hydrogens is 329 g/mol. The summed E-state index contributed by atoms with van der Waals surface area (Å²) in [6.07, 6.45) is 1.44. The zero-order chi connectivity index (χ0) is 16.5. The zero-order valence-electron chi connectivity index (χ0n) is 11.4. The molecule has 0 aliphatic heterocycles. The van der Waals surface area contributed by atoms with Crippen molar-refractivity contribution in [1.29, 1.82) is 5.26 Å². The van der Waals surface area contributed by atoms with E-state index in [1.165, 1.54) is 6.20 Å². The van der Waals surface area contributed by atoms with Crippen molar-refractivity contribution in [2.24, 2.45) is 0 Å². The summed E-state index contributed by atoms with van der Waals surface area (Å²) < 4.78 is 0. The first-order valence-electron chi connectivity index (χ1n) is 6.26. The predicted molar refractivity (Wildman–Crippen MR) is 83.7 cm³/mol. The molecule has 0 radical (unpaired) electrons. The number of hydrogen-bond donors (Lipinski definition) is 3. The minimum absolute atomic E-state index is 0.0533. The molecule has 0 bridgehead atoms. The second kappa shape index (κ2) is 8.93. The fourth-order valence-electron chi connectivity index (χ4n) is 1.44. The summed E-state index contributed by atoms with van der Waals surface area (Å²) in [7, 11) is 0. The average molecular weight is 342 g/mol. The lowest BCUT2D eigenvalue weighted by Gasteiger charge is -2.06. The van der Waals surface area contributed by atoms with E-state index in [1.54, 1.807) is 24.3 Å². The smallest absolute Gasteiger partial charge is 0.303 e. The molecule has 0 atom stereocenters. The Morgan fingerprint density at radius 3 is 2.73 bits per heavy atom. The van der Waals surface area contributed by atoms with E-state index in [4.69, 9.17) is 33.6 Å². The van der Waals surface area contributed by atoms with Crippen molar-refractivity contribution in [1.82, 2.24) is 5.32 Å². The number of carboxylic acids is 1. The summed E-state index contributed by atoms with van der Waals surface area (Å²) in [5, 5.41) is 23.5. The van der Waals surface area contributed by atoms with Gasteiger partial charge in [-0.2, -0.15) is 5.26 Å². The second-order valence-electron chi connectivity index (χ2n) is 4.19. The van der Waals surface area contributed by atoms with Gasteiger partial charge in [0.05, 0.1) is 10.7 Å². The summed E-state index contributed by atoms with van der Waals surface area (Å²) in [6.45, 7) is 0.169. The third kappa shape index (κ3) is 6.04. The maximum absolute atomic E-state index is 11.7. The van der Waals surface area contributed by atoms with E-state index in [2.05, 4.69) is 10.6 Å². The molecule has 6 nitrogen and oxygen atoms in total. The molecule has 0 fully saturated rings. The Morgan fingerprint density at radius 1 is 1.36 bits per heavy atom. The van der Waals surface area contributed by atoms with E-state index in [0.29, 0.717) is 15.7 Å². The van der Waals surface area contributed by atoms with Crippen molar-refractivity contribution in [3.05, 3.63) is 40.0 Å². The number of nitrogens with one attached hydrogen (secondary N) is 2. The Labute approximate surface area is 137 Å². The van der Waals surface area contributed by atoms with Gasteiger partial charge < -0.3 is 15.7 Å². The van der Waals surface area contributed by atoms with Crippen LogP contribution in [-0.2, 0) is 9.59 Å². The number of anilines is 1. The van der Waals surface area contributed by atoms with Crippen LogP contribution in [0.1, 0.15) is 12.8 Å². The Bertz CT molecular complexity index is 639. The highest BCUT2D eigenvalue weighted by molar-refractivity contribution is 6.35. The molecule has 8 heteroatoms. The molecule has 1 rings (SSSR count). The molecule has 1 aromatic carbocycles. The van der Waals surface area contributed by atoms with Crippen molar-refractivity contribution >= 4 is 40.8 Å². The van der Waals surface area contributed by atoms with Gasteiger partial charge in [0.2, 0.25) is 0 Å². The lowest BCUT2D eigenvalue weighted by Crippen LogP contribution is -2.26. The van der Waals surface area contributed by atoms with Gasteiger partial charge in [-0.1, -0.05) is 23.2 Å². The zero-order valence-corrected chi connectivity index (χ0v) is 12.9. The van der Waals surface area contributed by atoms with Gasteiger partial charge in [0.1, 0.15) is 11.6 Å². The Balaban J connectivity index is 2.62. The van der Waals surface area contributed by atoms with Crippen LogP contribution in [0.4, 0.5) is 5.69 Å². The van der Waals surface area contributed by atoms with E-state index in [9.17, 15) is 9.59 Å². The van der Waals surface area contributed by atoms with Gasteiger partial charge in [-0.25, -0.2) is 0 Å². The first-order valence-corrected chi connectivity index (χ1v) is 7.01. The van der Waals surface area contributed by atoms with Gasteiger partial charge in [0.25, 0.3) is 5.91 Å². The van der Waals surface area contributed by atoms with Crippen LogP contribution in [0.2, 0.25) is 10.0 Å². The van der Waals surface area contributed by atoms with E-state index in [1.807, 2.05) is 0 Å². The lowest BCUT2D eigenvalue weighted by atomic mass is 10.2. The van der Waals surface area contributed by atoms with Crippen molar-refractivity contribution in [3.63, 3.8) is 0 Å². The fraction of sp³-hybridized carbons (Fsp3) is 0.214. The molecule has 0 aliphatic carbocycles. The molecule has 0 aromatic heterocycles. The number of halogens is 2. The van der Waals surface area contributed by atoms with Gasteiger partial charge >= 0.3 is 5.97 Å². The molecule has 0 spiro atoms. The summed E-state index contributed by atoms with van der Waals surface area (Å²) >= 11 is 11.8. The van der Waals surface area contributed by atoms with Crippen LogP contribution in [0.25, 0.3) is 0 Å². The first kappa shape index (κ1) is 17.8. The number of aliphatic carboxylic acids is 1. The van der Waals surface area contributed by atoms with E-state index < -0.39 is 11.9 Å². The van der Waals surface area contributed by atoms with Crippen molar-refractivity contribution < 1.29 is 14.7 Å². The second-order valence-corrected chi connectivity index (χ2v) is 5.04. The monoisotopic (exact) mass is 341 g/mol. The predicted octanol–water partition coefficient (Wildman–Crippen LogP) is 2.79. The number of carboxylic acid groups (broad SMARTS) is 1. The van der Waals surface area contributed by atoms with E-state index in [-0.39, 0.29) is 25.0 Å². The first-order chi connectivity index (χ1) is 10.4. The minimum atomic E-state index is -0.942. The molecule has 0 saturated heterocycles. The van der Waals surface area contributed by atoms with Crippen molar-refractivity contribution in [3.8, 4) is 6.07 Å². The number of carbonyl (C=O) groups excluding carboxylic acids is 1. The fourth-order valence-corrected chi connectivity index (χ4v) is 1.79. The maximum Gasteiger partial charge on any atom is 0.303 e. The van der Waals surface area contributed by atoms with Crippen LogP contribution in [0.3, 0.4) is 0 Å². The highest BCUT2D eigenvalue weighted by Crippen LogP contribution is 2.25. The summed E-state index contributed by atoms with van der Waals surface area (Å²) in [6, 6.07) is 6.50. The number of benzene rings is 1. The Hall–Kier alpha value is -2.23. The number of amides is 1. The van der Waals surface area contributed by atoms with Crippen LogP contribution in [0.5, 0.6) is 0 Å². The largest absolute Gasteiger partial charge is 0.481 e. The van der Waals surface area contributed by atoms with E-state index >= 15 is 0 Å². The average Bonchev–Trinajstić information content (AvgIpc) is 2.47. The van der Waals surface area contributed by atoms with Gasteiger partial charge in [-0.3, -0.25) is 9.59 Å². The molecule has 1 amide bonds. The number of nitriles is 1. The topological polar surface area (TPSA) is 102 Å². The lowest BCUT2D eigenvalue weighted by molar-refractivity contribution is -0.137. The maximum atomic E-state index is 11.7.